The molecule has 0 aromatic heterocycles. The average Bonchev–Trinajstić information content (AvgIpc) is 0.811. The fourth-order valence-electron chi connectivity index (χ4n) is 0. The van der Waals surface area contributed by atoms with Crippen LogP contribution in [0.15, 0.2) is 0 Å². The van der Waals surface area contributed by atoms with Crippen LogP contribution in [0.25, 0.3) is 0 Å². The van der Waals surface area contributed by atoms with E-state index in [1.165, 1.54) is 0 Å². The van der Waals surface area contributed by atoms with Gasteiger partial charge in [0.25, 0.3) is 0 Å². The highest BCUT2D eigenvalue weighted by Gasteiger charge is 1.47. The van der Waals surface area contributed by atoms with Crippen molar-refractivity contribution in [3.05, 3.63) is 0 Å². The number of hydrogen-bond acceptors (Lipinski definition) is 1. The maximum absolute atomic E-state index is 8.81. The van der Waals surface area contributed by atoms with Gasteiger partial charge in [-0.15, -0.1) is 0 Å². The van der Waals surface area contributed by atoms with E-state index in [9.17, 15) is 0 Å². The van der Waals surface area contributed by atoms with Crippen LogP contribution in [0.5, 0.6) is 0 Å². The van der Waals surface area contributed by atoms with Crippen molar-refractivity contribution >= 4 is 14.0 Å². The summed E-state index contributed by atoms with van der Waals surface area (Å²) in [5.41, 5.74) is 0. The molecule has 0 aliphatic rings. The van der Waals surface area contributed by atoms with Crippen LogP contribution in [0, 0.1) is 0 Å². The maximum atomic E-state index is 8.81. The molecule has 4 heavy (non-hydrogen) atoms. The van der Waals surface area contributed by atoms with E-state index >= 15 is 0 Å². The van der Waals surface area contributed by atoms with Crippen molar-refractivity contribution < 1.29 is 9.46 Å². The Morgan fingerprint density at radius 1 is 2.00 bits per heavy atom. The van der Waals surface area contributed by atoms with E-state index < -0.39 is 7.65 Å². The van der Waals surface area contributed by atoms with Gasteiger partial charge in [0.1, 0.15) is 0 Å². The summed E-state index contributed by atoms with van der Waals surface area (Å²) in [7, 11) is -2.62. The molecule has 3 heteroatoms. The first-order chi connectivity index (χ1) is 1.73. The second kappa shape index (κ2) is 1.27. The molecule has 0 aliphatic heterocycles. The van der Waals surface area contributed by atoms with E-state index in [4.69, 9.17) is 15.8 Å². The third kappa shape index (κ3) is 341. The minimum Gasteiger partial charge on any atom is -0.316 e. The van der Waals surface area contributed by atoms with E-state index in [0.717, 1.165) is 0 Å². The molecule has 1 N–H and O–H groups in total. The average molecular weight is 76.0 g/mol. The van der Waals surface area contributed by atoms with Gasteiger partial charge in [-0.25, -0.2) is 0 Å². The fourth-order valence-corrected chi connectivity index (χ4v) is 0. The fraction of sp³-hybridized carbons (Fsp3) is 0. The SMILES string of the molecule is [C]=P(=O)O. The van der Waals surface area contributed by atoms with E-state index in [1.54, 1.807) is 0 Å². The van der Waals surface area contributed by atoms with Crippen LogP contribution in [0.1, 0.15) is 0 Å². The Bertz CT molecular complexity index is 54.4. The molecule has 0 fully saturated rings. The van der Waals surface area contributed by atoms with E-state index in [-0.39, 0.29) is 0 Å². The Balaban J connectivity index is 3.51. The van der Waals surface area contributed by atoms with E-state index in [0.29, 0.717) is 0 Å². The van der Waals surface area contributed by atoms with Crippen LogP contribution < -0.4 is 0 Å². The lowest BCUT2D eigenvalue weighted by Crippen LogP contribution is -1.21. The summed E-state index contributed by atoms with van der Waals surface area (Å²) in [6.45, 7) is 0. The first-order valence-electron chi connectivity index (χ1n) is 0.606. The summed E-state index contributed by atoms with van der Waals surface area (Å²) in [6, 6.07) is 0. The van der Waals surface area contributed by atoms with Gasteiger partial charge in [-0.1, -0.05) is 0 Å². The van der Waals surface area contributed by atoms with Crippen molar-refractivity contribution in [2.45, 2.75) is 0 Å². The molecule has 22 valence electrons. The summed E-state index contributed by atoms with van der Waals surface area (Å²) < 4.78 is 8.81. The molecule has 0 saturated carbocycles. The molecule has 0 spiro atoms. The minimum absolute atomic E-state index is 2.62. The third-order valence-electron chi connectivity index (χ3n) is 0. The minimum atomic E-state index is -2.62. The lowest BCUT2D eigenvalue weighted by atomic mass is 12.0. The van der Waals surface area contributed by atoms with Crippen LogP contribution >= 0.6 is 7.65 Å². The van der Waals surface area contributed by atoms with Crippen LogP contribution in [-0.4, -0.2) is 11.2 Å². The van der Waals surface area contributed by atoms with Gasteiger partial charge in [0, 0.05) is 0 Å². The van der Waals surface area contributed by atoms with E-state index in [2.05, 4.69) is 0 Å². The molecule has 0 heterocycles. The lowest BCUT2D eigenvalue weighted by molar-refractivity contribution is 0.521. The first-order valence-corrected chi connectivity index (χ1v) is 1.82. The highest BCUT2D eigenvalue weighted by molar-refractivity contribution is 7.36. The summed E-state index contributed by atoms with van der Waals surface area (Å²) in [6.07, 6.45) is 5.65. The molecule has 0 saturated heterocycles. The zero-order chi connectivity index (χ0) is 3.58. The predicted octanol–water partition coefficient (Wildman–Crippen LogP) is -0.0929. The summed E-state index contributed by atoms with van der Waals surface area (Å²) in [5, 5.41) is 0. The molecule has 0 rings (SSSR count). The molecule has 0 aliphatic carbocycles. The quantitative estimate of drug-likeness (QED) is 0.409. The zero-order valence-electron chi connectivity index (χ0n) is 1.80. The Morgan fingerprint density at radius 2 is 2.00 bits per heavy atom. The summed E-state index contributed by atoms with van der Waals surface area (Å²) in [5.74, 6) is 0. The highest BCUT2D eigenvalue weighted by atomic mass is 31.1. The third-order valence-corrected chi connectivity index (χ3v) is 0. The van der Waals surface area contributed by atoms with E-state index in [1.807, 2.05) is 0 Å². The van der Waals surface area contributed by atoms with Crippen molar-refractivity contribution in [1.82, 2.24) is 0 Å². The lowest BCUT2D eigenvalue weighted by Gasteiger charge is -1.42. The molecule has 0 aromatic rings. The van der Waals surface area contributed by atoms with Crippen molar-refractivity contribution in [3.63, 3.8) is 0 Å². The van der Waals surface area contributed by atoms with Crippen molar-refractivity contribution in [2.75, 3.05) is 0 Å². The smallest absolute Gasteiger partial charge is 0.246 e. The normalized spacial score (nSPS) is 10.8. The number of hydrogen-bond donors (Lipinski definition) is 1. The van der Waals surface area contributed by atoms with Gasteiger partial charge in [-0.3, -0.25) is 4.57 Å². The molecule has 0 amide bonds. The molecule has 0 bridgehead atoms. The van der Waals surface area contributed by atoms with Crippen LogP contribution in [-0.2, 0) is 4.57 Å². The van der Waals surface area contributed by atoms with Gasteiger partial charge in [0.15, 0.2) is 0 Å². The second-order valence-electron chi connectivity index (χ2n) is 0.273. The zero-order valence-corrected chi connectivity index (χ0v) is 2.70. The van der Waals surface area contributed by atoms with Crippen LogP contribution in [0.3, 0.4) is 0 Å². The second-order valence-corrected chi connectivity index (χ2v) is 0.819. The molecular formula is CHO2P. The Kier molecular flexibility index (Phi) is 1.25. The van der Waals surface area contributed by atoms with Gasteiger partial charge >= 0.3 is 0 Å². The molecule has 0 aromatic carbocycles. The number of rotatable bonds is 0. The van der Waals surface area contributed by atoms with Crippen molar-refractivity contribution in [3.8, 4) is 0 Å². The molecule has 1 atom stereocenters. The first kappa shape index (κ1) is 3.93. The summed E-state index contributed by atoms with van der Waals surface area (Å²) >= 11 is 0. The van der Waals surface area contributed by atoms with Gasteiger partial charge in [-0.2, -0.15) is 0 Å². The Hall–Kier alpha value is -0.0700. The molecule has 2 radical (unpaired) electrons. The van der Waals surface area contributed by atoms with Gasteiger partial charge in [-0.05, 0) is 0 Å². The standard InChI is InChI=1S/CHO2P/c1-4(2)3/h(H,2,3). The van der Waals surface area contributed by atoms with Gasteiger partial charge < -0.3 is 4.89 Å². The Labute approximate surface area is 24.6 Å². The van der Waals surface area contributed by atoms with Crippen molar-refractivity contribution in [1.29, 1.82) is 0 Å². The van der Waals surface area contributed by atoms with Crippen LogP contribution in [0.2, 0.25) is 0 Å². The highest BCUT2D eigenvalue weighted by Crippen LogP contribution is 1.83. The molecule has 1 unspecified atom stereocenters. The van der Waals surface area contributed by atoms with Gasteiger partial charge in [0.2, 0.25) is 7.65 Å². The molecule has 2 nitrogen and oxygen atoms in total. The Morgan fingerprint density at radius 3 is 2.00 bits per heavy atom. The largest absolute Gasteiger partial charge is 0.316 e. The monoisotopic (exact) mass is 76.0 g/mol. The topological polar surface area (TPSA) is 37.3 Å². The maximum Gasteiger partial charge on any atom is 0.246 e. The molecular weight excluding hydrogens is 75.0 g/mol. The van der Waals surface area contributed by atoms with Crippen LogP contribution in [0.4, 0.5) is 0 Å². The van der Waals surface area contributed by atoms with Gasteiger partial charge in [0.05, 0.1) is 6.30 Å². The predicted molar refractivity (Wildman–Crippen MR) is 14.8 cm³/mol. The van der Waals surface area contributed by atoms with Crippen molar-refractivity contribution in [2.24, 2.45) is 0 Å². The summed E-state index contributed by atoms with van der Waals surface area (Å²) in [4.78, 5) is 7.23.